The topological polar surface area (TPSA) is 82.1 Å². The zero-order valence-electron chi connectivity index (χ0n) is 15.5. The molecule has 0 bridgehead atoms. The van der Waals surface area contributed by atoms with Crippen LogP contribution in [0.4, 0.5) is 0 Å². The van der Waals surface area contributed by atoms with Gasteiger partial charge in [0.25, 0.3) is 5.56 Å². The fraction of sp³-hybridized carbons (Fsp3) is 0.647. The number of rotatable bonds is 3. The summed E-state index contributed by atoms with van der Waals surface area (Å²) in [5, 5.41) is 0.0253. The maximum absolute atomic E-state index is 12.8. The Morgan fingerprint density at radius 2 is 1.81 bits per heavy atom. The van der Waals surface area contributed by atoms with Crippen molar-refractivity contribution in [3.8, 4) is 0 Å². The van der Waals surface area contributed by atoms with Crippen molar-refractivity contribution in [1.29, 1.82) is 0 Å². The molecule has 0 saturated heterocycles. The molecule has 26 heavy (non-hydrogen) atoms. The van der Waals surface area contributed by atoms with E-state index in [2.05, 4.69) is 11.9 Å². The van der Waals surface area contributed by atoms with E-state index in [4.69, 9.17) is 11.6 Å². The van der Waals surface area contributed by atoms with Gasteiger partial charge in [0.05, 0.1) is 0 Å². The van der Waals surface area contributed by atoms with Gasteiger partial charge in [-0.3, -0.25) is 23.3 Å². The molecule has 9 heteroatoms. The third-order valence-corrected chi connectivity index (χ3v) is 5.81. The van der Waals surface area contributed by atoms with E-state index in [0.717, 1.165) is 30.3 Å². The Bertz CT molecular complexity index is 965. The lowest BCUT2D eigenvalue weighted by molar-refractivity contribution is -0.133. The number of aryl methyl sites for hydroxylation is 1. The molecule has 1 saturated carbocycles. The van der Waals surface area contributed by atoms with Gasteiger partial charge in [-0.1, -0.05) is 6.92 Å². The molecule has 0 atom stereocenters. The van der Waals surface area contributed by atoms with E-state index in [1.54, 1.807) is 11.9 Å². The molecule has 0 spiro atoms. The van der Waals surface area contributed by atoms with Crippen molar-refractivity contribution in [2.75, 3.05) is 7.05 Å². The van der Waals surface area contributed by atoms with Crippen molar-refractivity contribution < 1.29 is 4.79 Å². The Balaban J connectivity index is 1.94. The van der Waals surface area contributed by atoms with E-state index in [-0.39, 0.29) is 34.9 Å². The lowest BCUT2D eigenvalue weighted by atomic mass is 9.87. The fourth-order valence-corrected chi connectivity index (χ4v) is 3.87. The van der Waals surface area contributed by atoms with Crippen molar-refractivity contribution in [2.45, 2.75) is 45.2 Å². The lowest BCUT2D eigenvalue weighted by Gasteiger charge is -2.33. The zero-order chi connectivity index (χ0) is 19.2. The normalized spacial score (nSPS) is 20.5. The van der Waals surface area contributed by atoms with Gasteiger partial charge in [-0.15, -0.1) is 0 Å². The van der Waals surface area contributed by atoms with Gasteiger partial charge in [-0.2, -0.15) is 4.98 Å². The summed E-state index contributed by atoms with van der Waals surface area (Å²) in [6.45, 7) is 2.15. The van der Waals surface area contributed by atoms with Crippen LogP contribution in [0.3, 0.4) is 0 Å². The summed E-state index contributed by atoms with van der Waals surface area (Å²) in [6.07, 6.45) is 4.19. The summed E-state index contributed by atoms with van der Waals surface area (Å²) in [6, 6.07) is 0.208. The van der Waals surface area contributed by atoms with Gasteiger partial charge in [0.15, 0.2) is 11.2 Å². The van der Waals surface area contributed by atoms with Gasteiger partial charge in [0.1, 0.15) is 6.54 Å². The van der Waals surface area contributed by atoms with Crippen LogP contribution in [-0.4, -0.2) is 42.6 Å². The highest BCUT2D eigenvalue weighted by Crippen LogP contribution is 2.27. The third-order valence-electron chi connectivity index (χ3n) is 5.52. The molecule has 8 nitrogen and oxygen atoms in total. The minimum absolute atomic E-state index is 0.0253. The first kappa shape index (κ1) is 18.7. The molecule has 1 amide bonds. The van der Waals surface area contributed by atoms with E-state index in [0.29, 0.717) is 5.92 Å². The number of aromatic nitrogens is 4. The number of likely N-dealkylation sites (N-methyl/N-ethyl adjacent to an activating group) is 1. The second-order valence-corrected chi connectivity index (χ2v) is 7.60. The predicted molar refractivity (Wildman–Crippen MR) is 99.4 cm³/mol. The van der Waals surface area contributed by atoms with Crippen molar-refractivity contribution in [3.63, 3.8) is 0 Å². The number of halogens is 1. The third kappa shape index (κ3) is 3.06. The van der Waals surface area contributed by atoms with Crippen LogP contribution in [0.15, 0.2) is 9.59 Å². The van der Waals surface area contributed by atoms with Crippen LogP contribution in [0.25, 0.3) is 11.2 Å². The van der Waals surface area contributed by atoms with E-state index >= 15 is 0 Å². The number of nitrogens with zero attached hydrogens (tertiary/aromatic N) is 5. The molecule has 1 fully saturated rings. The first-order valence-electron chi connectivity index (χ1n) is 8.79. The molecular weight excluding hydrogens is 358 g/mol. The monoisotopic (exact) mass is 381 g/mol. The van der Waals surface area contributed by atoms with Crippen molar-refractivity contribution >= 4 is 28.7 Å². The number of carbonyl (C=O) groups is 1. The van der Waals surface area contributed by atoms with Crippen LogP contribution in [-0.2, 0) is 25.4 Å². The predicted octanol–water partition coefficient (Wildman–Crippen LogP) is 1.12. The summed E-state index contributed by atoms with van der Waals surface area (Å²) < 4.78 is 3.65. The summed E-state index contributed by atoms with van der Waals surface area (Å²) >= 11 is 6.19. The van der Waals surface area contributed by atoms with E-state index in [1.807, 2.05) is 0 Å². The average Bonchev–Trinajstić information content (AvgIpc) is 2.94. The van der Waals surface area contributed by atoms with E-state index in [1.165, 1.54) is 23.2 Å². The smallest absolute Gasteiger partial charge is 0.332 e. The summed E-state index contributed by atoms with van der Waals surface area (Å²) in [5.41, 5.74) is -0.642. The number of hydrogen-bond acceptors (Lipinski definition) is 4. The number of carbonyl (C=O) groups excluding carboxylic acids is 1. The van der Waals surface area contributed by atoms with Crippen LogP contribution in [0, 0.1) is 5.92 Å². The molecule has 0 aliphatic heterocycles. The Morgan fingerprint density at radius 1 is 1.19 bits per heavy atom. The highest BCUT2D eigenvalue weighted by Gasteiger charge is 2.26. The second kappa shape index (κ2) is 6.90. The molecule has 0 unspecified atom stereocenters. The van der Waals surface area contributed by atoms with Crippen LogP contribution < -0.4 is 11.2 Å². The van der Waals surface area contributed by atoms with Crippen LogP contribution in [0.1, 0.15) is 32.6 Å². The molecule has 3 rings (SSSR count). The Morgan fingerprint density at radius 3 is 2.42 bits per heavy atom. The van der Waals surface area contributed by atoms with Gasteiger partial charge in [0, 0.05) is 27.2 Å². The minimum atomic E-state index is -0.510. The molecule has 2 aromatic heterocycles. The molecule has 1 aliphatic rings. The van der Waals surface area contributed by atoms with Gasteiger partial charge in [0.2, 0.25) is 11.2 Å². The van der Waals surface area contributed by atoms with E-state index in [9.17, 15) is 14.4 Å². The van der Waals surface area contributed by atoms with Crippen molar-refractivity contribution in [1.82, 2.24) is 23.6 Å². The van der Waals surface area contributed by atoms with Gasteiger partial charge >= 0.3 is 5.69 Å². The molecule has 2 aromatic rings. The van der Waals surface area contributed by atoms with Gasteiger partial charge in [-0.05, 0) is 43.2 Å². The number of amides is 1. The molecular formula is C17H24ClN5O3. The number of imidazole rings is 1. The van der Waals surface area contributed by atoms with E-state index < -0.39 is 11.2 Å². The van der Waals surface area contributed by atoms with Crippen molar-refractivity contribution in [3.05, 3.63) is 26.1 Å². The summed E-state index contributed by atoms with van der Waals surface area (Å²) in [7, 11) is 4.71. The zero-order valence-corrected chi connectivity index (χ0v) is 16.3. The first-order chi connectivity index (χ1) is 12.2. The average molecular weight is 382 g/mol. The standard InChI is InChI=1S/C17H24ClN5O3/c1-10-5-7-11(8-6-10)20(2)12(24)9-23-13-14(19-16(23)18)21(3)17(26)22(4)15(13)25/h10-11H,5-9H2,1-4H3. The molecule has 0 N–H and O–H groups in total. The Hall–Kier alpha value is -2.09. The molecule has 2 heterocycles. The quantitative estimate of drug-likeness (QED) is 0.746. The highest BCUT2D eigenvalue weighted by molar-refractivity contribution is 6.29. The highest BCUT2D eigenvalue weighted by atomic mass is 35.5. The Kier molecular flexibility index (Phi) is 4.96. The van der Waals surface area contributed by atoms with Crippen LogP contribution in [0.5, 0.6) is 0 Å². The summed E-state index contributed by atoms with van der Waals surface area (Å²) in [5.74, 6) is 0.577. The number of fused-ring (bicyclic) bond motifs is 1. The maximum atomic E-state index is 12.8. The molecule has 142 valence electrons. The Labute approximate surface area is 156 Å². The molecule has 0 aromatic carbocycles. The van der Waals surface area contributed by atoms with Gasteiger partial charge in [-0.25, -0.2) is 4.79 Å². The van der Waals surface area contributed by atoms with Crippen molar-refractivity contribution in [2.24, 2.45) is 20.0 Å². The molecule has 0 radical (unpaired) electrons. The second-order valence-electron chi connectivity index (χ2n) is 7.26. The molecule has 1 aliphatic carbocycles. The minimum Gasteiger partial charge on any atom is -0.341 e. The van der Waals surface area contributed by atoms with Gasteiger partial charge < -0.3 is 4.90 Å². The fourth-order valence-electron chi connectivity index (χ4n) is 3.64. The largest absolute Gasteiger partial charge is 0.341 e. The SMILES string of the molecule is CC1CCC(N(C)C(=O)Cn2c(Cl)nc3c2c(=O)n(C)c(=O)n3C)CC1. The summed E-state index contributed by atoms with van der Waals surface area (Å²) in [4.78, 5) is 43.2. The van der Waals surface area contributed by atoms with Crippen LogP contribution >= 0.6 is 11.6 Å². The maximum Gasteiger partial charge on any atom is 0.332 e. The first-order valence-corrected chi connectivity index (χ1v) is 9.17. The van der Waals surface area contributed by atoms with Crippen LogP contribution in [0.2, 0.25) is 5.28 Å². The number of hydrogen-bond donors (Lipinski definition) is 0. The lowest BCUT2D eigenvalue weighted by Crippen LogP contribution is -2.41.